The minimum absolute atomic E-state index is 0.0940. The molecular formula is C41H55N7O6S2. The normalized spacial score (nSPS) is 12.7. The van der Waals surface area contributed by atoms with E-state index in [-0.39, 0.29) is 69.0 Å². The van der Waals surface area contributed by atoms with Gasteiger partial charge in [0, 0.05) is 63.2 Å². The van der Waals surface area contributed by atoms with Crippen LogP contribution in [0.15, 0.2) is 77.8 Å². The van der Waals surface area contributed by atoms with Crippen molar-refractivity contribution in [1.82, 2.24) is 35.7 Å². The van der Waals surface area contributed by atoms with Crippen LogP contribution in [0.3, 0.4) is 0 Å². The Morgan fingerprint density at radius 2 is 1.48 bits per heavy atom. The van der Waals surface area contributed by atoms with E-state index in [9.17, 15) is 24.3 Å². The number of urea groups is 1. The number of carbonyl (C=O) groups is 4. The average Bonchev–Trinajstić information content (AvgIpc) is 3.90. The first-order valence-corrected chi connectivity index (χ1v) is 20.8. The van der Waals surface area contributed by atoms with Gasteiger partial charge < -0.3 is 35.6 Å². The van der Waals surface area contributed by atoms with Gasteiger partial charge in [-0.25, -0.2) is 14.6 Å². The lowest BCUT2D eigenvalue weighted by atomic mass is 9.95. The fraction of sp³-hybridized carbons (Fsp3) is 0.463. The molecule has 3 atom stereocenters. The lowest BCUT2D eigenvalue weighted by molar-refractivity contribution is -0.131. The van der Waals surface area contributed by atoms with E-state index in [1.807, 2.05) is 66.0 Å². The van der Waals surface area contributed by atoms with E-state index in [0.29, 0.717) is 32.1 Å². The van der Waals surface area contributed by atoms with Gasteiger partial charge in [-0.05, 0) is 49.7 Å². The summed E-state index contributed by atoms with van der Waals surface area (Å²) >= 11 is 2.96. The van der Waals surface area contributed by atoms with E-state index < -0.39 is 18.2 Å². The maximum absolute atomic E-state index is 14.2. The van der Waals surface area contributed by atoms with Crippen molar-refractivity contribution in [1.29, 1.82) is 0 Å². The van der Waals surface area contributed by atoms with E-state index in [0.717, 1.165) is 26.7 Å². The van der Waals surface area contributed by atoms with Crippen LogP contribution in [0.5, 0.6) is 0 Å². The molecule has 15 heteroatoms. The molecule has 0 aliphatic carbocycles. The summed E-state index contributed by atoms with van der Waals surface area (Å²) in [6.07, 6.45) is 3.93. The summed E-state index contributed by atoms with van der Waals surface area (Å²) in [5.41, 5.74) is 4.52. The predicted octanol–water partition coefficient (Wildman–Crippen LogP) is 5.90. The minimum atomic E-state index is -0.960. The maximum atomic E-state index is 14.2. The number of aliphatic hydroxyl groups excluding tert-OH is 1. The Morgan fingerprint density at radius 1 is 0.839 bits per heavy atom. The lowest BCUT2D eigenvalue weighted by Crippen LogP contribution is -2.53. The van der Waals surface area contributed by atoms with Crippen LogP contribution in [0.2, 0.25) is 0 Å². The van der Waals surface area contributed by atoms with Crippen molar-refractivity contribution in [3.05, 3.63) is 104 Å². The molecule has 2 aromatic heterocycles. The fourth-order valence-corrected chi connectivity index (χ4v) is 7.31. The van der Waals surface area contributed by atoms with Gasteiger partial charge in [-0.15, -0.1) is 22.7 Å². The van der Waals surface area contributed by atoms with E-state index in [1.54, 1.807) is 37.1 Å². The Bertz CT molecular complexity index is 1770. The number of rotatable bonds is 22. The summed E-state index contributed by atoms with van der Waals surface area (Å²) in [6, 6.07) is 17.6. The van der Waals surface area contributed by atoms with Crippen molar-refractivity contribution in [3.8, 4) is 0 Å². The number of thiazole rings is 2. The SMILES string of the molecule is CC(C)c1nc(CN(C)C(=O)NC(CCN(C)C(=O)CCCO)C(=O)NC(CCC(Cc2ccccc2)NC(=O)OCc2cncs2)Cc2ccccc2)cs1. The molecule has 4 N–H and O–H groups in total. The van der Waals surface area contributed by atoms with Gasteiger partial charge in [-0.1, -0.05) is 74.5 Å². The summed E-state index contributed by atoms with van der Waals surface area (Å²) in [6.45, 7) is 4.64. The van der Waals surface area contributed by atoms with Crippen molar-refractivity contribution in [2.75, 3.05) is 27.2 Å². The van der Waals surface area contributed by atoms with Crippen molar-refractivity contribution in [2.24, 2.45) is 0 Å². The van der Waals surface area contributed by atoms with Crippen LogP contribution in [0, 0.1) is 0 Å². The lowest BCUT2D eigenvalue weighted by Gasteiger charge is -2.28. The molecule has 0 saturated carbocycles. The second kappa shape index (κ2) is 23.3. The highest BCUT2D eigenvalue weighted by Crippen LogP contribution is 2.20. The zero-order chi connectivity index (χ0) is 40.3. The Kier molecular flexibility index (Phi) is 18.2. The van der Waals surface area contributed by atoms with Gasteiger partial charge >= 0.3 is 12.1 Å². The van der Waals surface area contributed by atoms with Crippen LogP contribution in [0.1, 0.15) is 78.6 Å². The summed E-state index contributed by atoms with van der Waals surface area (Å²) in [5.74, 6) is -0.263. The van der Waals surface area contributed by atoms with Gasteiger partial charge in [0.15, 0.2) is 0 Å². The number of hydrogen-bond acceptors (Lipinski definition) is 10. The zero-order valence-corrected chi connectivity index (χ0v) is 34.3. The average molecular weight is 806 g/mol. The first-order chi connectivity index (χ1) is 27.0. The first kappa shape index (κ1) is 43.9. The summed E-state index contributed by atoms with van der Waals surface area (Å²) in [7, 11) is 3.31. The number of aliphatic hydroxyl groups is 1. The van der Waals surface area contributed by atoms with Crippen molar-refractivity contribution in [2.45, 2.75) is 96.0 Å². The molecule has 0 aliphatic heterocycles. The number of hydrogen-bond donors (Lipinski definition) is 4. The summed E-state index contributed by atoms with van der Waals surface area (Å²) in [5, 5.41) is 21.3. The molecule has 302 valence electrons. The third-order valence-electron chi connectivity index (χ3n) is 9.16. The molecule has 0 spiro atoms. The summed E-state index contributed by atoms with van der Waals surface area (Å²) in [4.78, 5) is 66.0. The quantitative estimate of drug-likeness (QED) is 0.0763. The van der Waals surface area contributed by atoms with Crippen LogP contribution in [0.25, 0.3) is 0 Å². The van der Waals surface area contributed by atoms with Crippen LogP contribution < -0.4 is 16.0 Å². The third-order valence-corrected chi connectivity index (χ3v) is 11.1. The zero-order valence-electron chi connectivity index (χ0n) is 32.7. The van der Waals surface area contributed by atoms with Crippen LogP contribution in [0.4, 0.5) is 9.59 Å². The highest BCUT2D eigenvalue weighted by Gasteiger charge is 2.27. The molecule has 0 fully saturated rings. The fourth-order valence-electron chi connectivity index (χ4n) is 5.98. The standard InChI is InChI=1S/C41H55N7O6S2/c1-29(2)39-44-34(27-55-39)25-48(4)40(52)46-36(19-20-47(3)37(50)16-11-21-49)38(51)43-32(22-30-12-7-5-8-13-30)17-18-33(23-31-14-9-6-10-15-31)45-41(53)54-26-35-24-42-28-56-35/h5-10,12-15,24,27-29,32-33,36,49H,11,16-23,25-26H2,1-4H3,(H,43,51)(H,45,53)(H,46,52). The molecule has 13 nitrogen and oxygen atoms in total. The monoisotopic (exact) mass is 805 g/mol. The largest absolute Gasteiger partial charge is 0.444 e. The van der Waals surface area contributed by atoms with E-state index in [1.165, 1.54) is 21.1 Å². The highest BCUT2D eigenvalue weighted by atomic mass is 32.1. The molecule has 4 rings (SSSR count). The van der Waals surface area contributed by atoms with Gasteiger partial charge in [0.25, 0.3) is 0 Å². The molecule has 0 aliphatic rings. The molecule has 5 amide bonds. The number of aromatic nitrogens is 2. The molecule has 0 radical (unpaired) electrons. The summed E-state index contributed by atoms with van der Waals surface area (Å²) < 4.78 is 5.51. The Labute approximate surface area is 337 Å². The van der Waals surface area contributed by atoms with Crippen molar-refractivity contribution in [3.63, 3.8) is 0 Å². The number of nitrogens with zero attached hydrogens (tertiary/aromatic N) is 4. The van der Waals surface area contributed by atoms with Crippen molar-refractivity contribution >= 4 is 46.6 Å². The van der Waals surface area contributed by atoms with Crippen LogP contribution >= 0.6 is 22.7 Å². The van der Waals surface area contributed by atoms with Gasteiger partial charge in [0.05, 0.1) is 27.6 Å². The number of alkyl carbamates (subject to hydrolysis) is 1. The molecule has 0 bridgehead atoms. The molecule has 2 heterocycles. The Morgan fingerprint density at radius 3 is 2.05 bits per heavy atom. The Hall–Kier alpha value is -4.86. The Balaban J connectivity index is 1.50. The topological polar surface area (TPSA) is 166 Å². The van der Waals surface area contributed by atoms with Gasteiger partial charge in [0.1, 0.15) is 12.6 Å². The van der Waals surface area contributed by atoms with Crippen LogP contribution in [-0.4, -0.2) is 94.2 Å². The van der Waals surface area contributed by atoms with Gasteiger partial charge in [-0.2, -0.15) is 0 Å². The highest BCUT2D eigenvalue weighted by molar-refractivity contribution is 7.09. The number of benzene rings is 2. The minimum Gasteiger partial charge on any atom is -0.444 e. The number of ether oxygens (including phenoxy) is 1. The van der Waals surface area contributed by atoms with E-state index >= 15 is 0 Å². The second-order valence-electron chi connectivity index (χ2n) is 14.2. The van der Waals surface area contributed by atoms with Crippen LogP contribution in [-0.2, 0) is 40.3 Å². The number of nitrogens with one attached hydrogen (secondary N) is 3. The molecule has 3 unspecified atom stereocenters. The van der Waals surface area contributed by atoms with Gasteiger partial charge in [-0.3, -0.25) is 14.6 Å². The smallest absolute Gasteiger partial charge is 0.407 e. The maximum Gasteiger partial charge on any atom is 0.407 e. The van der Waals surface area contributed by atoms with E-state index in [4.69, 9.17) is 4.74 Å². The molecule has 2 aromatic carbocycles. The number of amides is 5. The van der Waals surface area contributed by atoms with Crippen molar-refractivity contribution < 1.29 is 29.0 Å². The predicted molar refractivity (Wildman–Crippen MR) is 219 cm³/mol. The second-order valence-corrected chi connectivity index (χ2v) is 16.0. The molecule has 4 aromatic rings. The molecule has 56 heavy (non-hydrogen) atoms. The van der Waals surface area contributed by atoms with Gasteiger partial charge in [0.2, 0.25) is 11.8 Å². The number of carbonyl (C=O) groups excluding carboxylic acids is 4. The third kappa shape index (κ3) is 15.3. The molecular weight excluding hydrogens is 751 g/mol. The molecule has 0 saturated heterocycles. The van der Waals surface area contributed by atoms with E-state index in [2.05, 4.69) is 39.8 Å². The first-order valence-electron chi connectivity index (χ1n) is 19.0.